The molecule has 0 radical (unpaired) electrons. The van der Waals surface area contributed by atoms with Crippen molar-refractivity contribution in [2.75, 3.05) is 93.4 Å². The van der Waals surface area contributed by atoms with Gasteiger partial charge in [0.15, 0.2) is 0 Å². The van der Waals surface area contributed by atoms with Crippen molar-refractivity contribution in [3.63, 3.8) is 0 Å². The summed E-state index contributed by atoms with van der Waals surface area (Å²) in [6.07, 6.45) is 1.05. The van der Waals surface area contributed by atoms with Crippen molar-refractivity contribution >= 4 is 11.8 Å². The van der Waals surface area contributed by atoms with Crippen molar-refractivity contribution in [1.82, 2.24) is 10.6 Å². The van der Waals surface area contributed by atoms with Crippen molar-refractivity contribution in [1.29, 1.82) is 0 Å². The second-order valence-corrected chi connectivity index (χ2v) is 9.65. The third-order valence-electron chi connectivity index (χ3n) is 6.13. The van der Waals surface area contributed by atoms with Crippen LogP contribution in [0, 0.1) is 13.8 Å². The second-order valence-electron chi connectivity index (χ2n) is 9.65. The first kappa shape index (κ1) is 36.0. The lowest BCUT2D eigenvalue weighted by molar-refractivity contribution is -0.125. The van der Waals surface area contributed by atoms with E-state index in [1.54, 1.807) is 14.1 Å². The number of carbonyl (C=O) groups is 2. The van der Waals surface area contributed by atoms with Gasteiger partial charge in [-0.15, -0.1) is 0 Å². The largest absolute Gasteiger partial charge is 0.493 e. The molecule has 0 saturated carbocycles. The molecule has 0 heterocycles. The Labute approximate surface area is 255 Å². The molecule has 0 bridgehead atoms. The molecule has 43 heavy (non-hydrogen) atoms. The molecule has 0 fully saturated rings. The summed E-state index contributed by atoms with van der Waals surface area (Å²) in [6, 6.07) is 12.2. The van der Waals surface area contributed by atoms with Gasteiger partial charge in [0.2, 0.25) is 11.8 Å². The zero-order valence-electron chi connectivity index (χ0n) is 26.0. The molecule has 0 saturated heterocycles. The number of hydrogen-bond acceptors (Lipinski definition) is 9. The molecule has 0 unspecified atom stereocenters. The Morgan fingerprint density at radius 3 is 1.44 bits per heavy atom. The van der Waals surface area contributed by atoms with E-state index in [0.717, 1.165) is 33.8 Å². The Morgan fingerprint density at radius 1 is 0.558 bits per heavy atom. The minimum Gasteiger partial charge on any atom is -0.493 e. The van der Waals surface area contributed by atoms with E-state index in [4.69, 9.17) is 33.2 Å². The van der Waals surface area contributed by atoms with E-state index in [1.165, 1.54) is 0 Å². The number of aryl methyl sites for hydroxylation is 2. The third kappa shape index (κ3) is 15.7. The van der Waals surface area contributed by atoms with Gasteiger partial charge in [0.05, 0.1) is 66.1 Å². The van der Waals surface area contributed by atoms with Gasteiger partial charge in [-0.05, 0) is 44.5 Å². The van der Waals surface area contributed by atoms with Crippen molar-refractivity contribution in [2.45, 2.75) is 26.7 Å². The highest BCUT2D eigenvalue weighted by molar-refractivity contribution is 5.77. The fourth-order valence-corrected chi connectivity index (χ4v) is 3.83. The van der Waals surface area contributed by atoms with Gasteiger partial charge >= 0.3 is 0 Å². The SMILES string of the molecule is CNC(=O)CCCOc1ccc(C)cc1-c1cc(C)ccc1OCCOCCOCCOCCOCCOCC(=O)NC. The number of likely N-dealkylation sites (N-methyl/N-ethyl adjacent to an activating group) is 1. The topological polar surface area (TPSA) is 123 Å². The van der Waals surface area contributed by atoms with E-state index >= 15 is 0 Å². The summed E-state index contributed by atoms with van der Waals surface area (Å²) in [6.45, 7) is 8.91. The van der Waals surface area contributed by atoms with Crippen LogP contribution in [0.25, 0.3) is 11.1 Å². The fraction of sp³-hybridized carbons (Fsp3) is 0.562. The molecule has 2 amide bonds. The molecule has 2 aromatic rings. The molecule has 11 heteroatoms. The number of nitrogens with one attached hydrogen (secondary N) is 2. The number of hydrogen-bond donors (Lipinski definition) is 2. The number of carbonyl (C=O) groups excluding carboxylic acids is 2. The van der Waals surface area contributed by atoms with E-state index in [0.29, 0.717) is 85.5 Å². The molecule has 0 spiro atoms. The summed E-state index contributed by atoms with van der Waals surface area (Å²) in [4.78, 5) is 22.5. The standard InChI is InChI=1S/C32H48N2O9/c1-25-7-9-29(42-11-5-6-31(35)33-3)27(22-25)28-23-26(2)8-10-30(28)43-21-20-40-17-16-38-13-12-37-14-15-39-18-19-41-24-32(36)34-4/h7-10,22-23H,5-6,11-21,24H2,1-4H3,(H,33,35)(H,34,36). The zero-order chi connectivity index (χ0) is 31.1. The third-order valence-corrected chi connectivity index (χ3v) is 6.13. The van der Waals surface area contributed by atoms with Crippen molar-refractivity contribution in [3.8, 4) is 22.6 Å². The average Bonchev–Trinajstić information content (AvgIpc) is 3.01. The first-order valence-corrected chi connectivity index (χ1v) is 14.7. The minimum atomic E-state index is -0.161. The summed E-state index contributed by atoms with van der Waals surface area (Å²) in [5, 5.41) is 5.12. The molecule has 0 atom stereocenters. The molecule has 11 nitrogen and oxygen atoms in total. The predicted octanol–water partition coefficient (Wildman–Crippen LogP) is 3.08. The number of rotatable bonds is 24. The van der Waals surface area contributed by atoms with Gasteiger partial charge in [0, 0.05) is 31.6 Å². The number of amides is 2. The molecule has 0 aliphatic carbocycles. The van der Waals surface area contributed by atoms with Crippen LogP contribution in [-0.4, -0.2) is 105 Å². The molecule has 2 aromatic carbocycles. The van der Waals surface area contributed by atoms with Gasteiger partial charge < -0.3 is 43.8 Å². The maximum absolute atomic E-state index is 11.5. The average molecular weight is 605 g/mol. The van der Waals surface area contributed by atoms with Gasteiger partial charge in [0.1, 0.15) is 24.7 Å². The van der Waals surface area contributed by atoms with Crippen LogP contribution in [-0.2, 0) is 33.3 Å². The summed E-state index contributed by atoms with van der Waals surface area (Å²) in [7, 11) is 3.20. The van der Waals surface area contributed by atoms with Crippen LogP contribution >= 0.6 is 0 Å². The maximum Gasteiger partial charge on any atom is 0.245 e. The first-order chi connectivity index (χ1) is 20.9. The molecular weight excluding hydrogens is 556 g/mol. The molecule has 240 valence electrons. The van der Waals surface area contributed by atoms with Gasteiger partial charge in [-0.2, -0.15) is 0 Å². The Kier molecular flexibility index (Phi) is 18.7. The molecule has 0 aliphatic heterocycles. The summed E-state index contributed by atoms with van der Waals surface area (Å²) in [5.41, 5.74) is 4.13. The highest BCUT2D eigenvalue weighted by Crippen LogP contribution is 2.38. The minimum absolute atomic E-state index is 0.00218. The van der Waals surface area contributed by atoms with Crippen LogP contribution in [0.15, 0.2) is 36.4 Å². The lowest BCUT2D eigenvalue weighted by Crippen LogP contribution is -2.24. The van der Waals surface area contributed by atoms with Crippen LogP contribution in [0.5, 0.6) is 11.5 Å². The maximum atomic E-state index is 11.5. The molecule has 0 aromatic heterocycles. The van der Waals surface area contributed by atoms with Gasteiger partial charge in [-0.3, -0.25) is 9.59 Å². The zero-order valence-corrected chi connectivity index (χ0v) is 26.0. The number of ether oxygens (including phenoxy) is 7. The van der Waals surface area contributed by atoms with Crippen LogP contribution in [0.2, 0.25) is 0 Å². The van der Waals surface area contributed by atoms with Gasteiger partial charge in [-0.1, -0.05) is 23.3 Å². The van der Waals surface area contributed by atoms with E-state index < -0.39 is 0 Å². The first-order valence-electron chi connectivity index (χ1n) is 14.7. The molecule has 2 N–H and O–H groups in total. The van der Waals surface area contributed by atoms with E-state index in [1.807, 2.05) is 38.1 Å². The van der Waals surface area contributed by atoms with Crippen molar-refractivity contribution in [3.05, 3.63) is 47.5 Å². The molecule has 0 aliphatic rings. The Balaban J connectivity index is 1.63. The predicted molar refractivity (Wildman–Crippen MR) is 164 cm³/mol. The lowest BCUT2D eigenvalue weighted by atomic mass is 9.99. The number of benzene rings is 2. The lowest BCUT2D eigenvalue weighted by Gasteiger charge is -2.17. The molecule has 2 rings (SSSR count). The Bertz CT molecular complexity index is 1080. The van der Waals surface area contributed by atoms with Crippen LogP contribution in [0.1, 0.15) is 24.0 Å². The van der Waals surface area contributed by atoms with Crippen LogP contribution in [0.4, 0.5) is 0 Å². The summed E-state index contributed by atoms with van der Waals surface area (Å²) in [5.74, 6) is 1.35. The van der Waals surface area contributed by atoms with Crippen LogP contribution < -0.4 is 20.1 Å². The summed E-state index contributed by atoms with van der Waals surface area (Å²) < 4.78 is 39.4. The quantitative estimate of drug-likeness (QED) is 0.174. The normalized spacial score (nSPS) is 10.9. The van der Waals surface area contributed by atoms with Gasteiger partial charge in [0.25, 0.3) is 0 Å². The molecular formula is C32H48N2O9. The summed E-state index contributed by atoms with van der Waals surface area (Å²) >= 11 is 0. The highest BCUT2D eigenvalue weighted by Gasteiger charge is 2.13. The van der Waals surface area contributed by atoms with Crippen molar-refractivity contribution < 1.29 is 42.7 Å². The van der Waals surface area contributed by atoms with Gasteiger partial charge in [-0.25, -0.2) is 0 Å². The van der Waals surface area contributed by atoms with E-state index in [-0.39, 0.29) is 18.4 Å². The smallest absolute Gasteiger partial charge is 0.245 e. The Morgan fingerprint density at radius 2 is 0.977 bits per heavy atom. The Hall–Kier alpha value is -3.22. The van der Waals surface area contributed by atoms with Crippen LogP contribution in [0.3, 0.4) is 0 Å². The van der Waals surface area contributed by atoms with E-state index in [9.17, 15) is 9.59 Å². The fourth-order valence-electron chi connectivity index (χ4n) is 3.83. The highest BCUT2D eigenvalue weighted by atomic mass is 16.6. The van der Waals surface area contributed by atoms with E-state index in [2.05, 4.69) is 22.8 Å². The van der Waals surface area contributed by atoms with Crippen molar-refractivity contribution in [2.24, 2.45) is 0 Å². The second kappa shape index (κ2) is 22.3. The monoisotopic (exact) mass is 604 g/mol.